The molecule has 0 bridgehead atoms. The fraction of sp³-hybridized carbons (Fsp3) is 0.360. The lowest BCUT2D eigenvalue weighted by atomic mass is 9.85. The van der Waals surface area contributed by atoms with Crippen LogP contribution in [0.4, 0.5) is 5.82 Å². The van der Waals surface area contributed by atoms with E-state index in [1.54, 1.807) is 26.4 Å². The summed E-state index contributed by atoms with van der Waals surface area (Å²) in [5.74, 6) is 1.20. The van der Waals surface area contributed by atoms with Gasteiger partial charge in [0.15, 0.2) is 0 Å². The van der Waals surface area contributed by atoms with Crippen molar-refractivity contribution in [2.75, 3.05) is 32.6 Å². The number of nitrogens with one attached hydrogen (secondary N) is 2. The van der Waals surface area contributed by atoms with Gasteiger partial charge in [0.2, 0.25) is 15.9 Å². The third-order valence-electron chi connectivity index (χ3n) is 6.22. The second-order valence-corrected chi connectivity index (χ2v) is 11.6. The number of hydrogen-bond acceptors (Lipinski definition) is 6. The van der Waals surface area contributed by atoms with Crippen LogP contribution in [0.1, 0.15) is 24.8 Å². The third kappa shape index (κ3) is 5.94. The van der Waals surface area contributed by atoms with Crippen LogP contribution in [-0.2, 0) is 21.4 Å². The first-order valence-corrected chi connectivity index (χ1v) is 13.7. The highest BCUT2D eigenvalue weighted by molar-refractivity contribution is 9.10. The van der Waals surface area contributed by atoms with Crippen molar-refractivity contribution in [3.05, 3.63) is 58.7 Å². The molecule has 0 spiro atoms. The Morgan fingerprint density at radius 3 is 2.60 bits per heavy atom. The number of carbonyl (C=O) groups excluding carboxylic acids is 1. The number of anilines is 1. The van der Waals surface area contributed by atoms with Crippen LogP contribution < -0.4 is 15.4 Å². The van der Waals surface area contributed by atoms with Gasteiger partial charge in [-0.25, -0.2) is 13.4 Å². The number of nitrogens with zero attached hydrogens (tertiary/aromatic N) is 2. The predicted molar refractivity (Wildman–Crippen MR) is 140 cm³/mol. The molecule has 1 amide bonds. The highest BCUT2D eigenvalue weighted by Crippen LogP contribution is 2.28. The zero-order valence-electron chi connectivity index (χ0n) is 19.8. The van der Waals surface area contributed by atoms with Crippen LogP contribution in [0.2, 0.25) is 0 Å². The van der Waals surface area contributed by atoms with Gasteiger partial charge < -0.3 is 15.4 Å². The number of carbonyl (C=O) groups is 1. The number of fused-ring (bicyclic) bond motifs is 1. The molecule has 8 nitrogen and oxygen atoms in total. The minimum absolute atomic E-state index is 0.0585. The zero-order chi connectivity index (χ0) is 25.0. The Labute approximate surface area is 214 Å². The maximum absolute atomic E-state index is 13.5. The SMILES string of the molecule is COc1ccc2cc(CN(C)S(=O)(=O)c3cc(Br)cnc3NCCNC(=O)C3CCC3)ccc2c1. The Hall–Kier alpha value is -2.69. The van der Waals surface area contributed by atoms with Crippen molar-refractivity contribution >= 4 is 48.5 Å². The summed E-state index contributed by atoms with van der Waals surface area (Å²) in [6.07, 6.45) is 4.52. The number of benzene rings is 2. The molecule has 35 heavy (non-hydrogen) atoms. The van der Waals surface area contributed by atoms with Gasteiger partial charge in [-0.05, 0) is 69.4 Å². The smallest absolute Gasteiger partial charge is 0.246 e. The maximum atomic E-state index is 13.5. The maximum Gasteiger partial charge on any atom is 0.246 e. The standard InChI is InChI=1S/C25H29BrN4O4S/c1-30(16-17-6-7-20-13-22(34-2)9-8-19(20)12-17)35(32,33)23-14-21(26)15-29-24(23)27-10-11-28-25(31)18-4-3-5-18/h6-9,12-15,18H,3-5,10-11,16H2,1-2H3,(H,27,29)(H,28,31). The van der Waals surface area contributed by atoms with Gasteiger partial charge in [-0.15, -0.1) is 0 Å². The molecule has 0 radical (unpaired) electrons. The van der Waals surface area contributed by atoms with Crippen molar-refractivity contribution in [1.29, 1.82) is 0 Å². The van der Waals surface area contributed by atoms with Gasteiger partial charge in [-0.3, -0.25) is 4.79 Å². The molecular formula is C25H29BrN4O4S. The normalized spacial score (nSPS) is 14.1. The molecule has 10 heteroatoms. The van der Waals surface area contributed by atoms with E-state index in [1.165, 1.54) is 4.31 Å². The lowest BCUT2D eigenvalue weighted by Crippen LogP contribution is -2.37. The molecule has 0 saturated heterocycles. The van der Waals surface area contributed by atoms with Crippen LogP contribution in [0.5, 0.6) is 5.75 Å². The second-order valence-electron chi connectivity index (χ2n) is 8.65. The summed E-state index contributed by atoms with van der Waals surface area (Å²) in [5, 5.41) is 7.99. The first-order valence-electron chi connectivity index (χ1n) is 11.5. The van der Waals surface area contributed by atoms with E-state index in [0.29, 0.717) is 17.6 Å². The molecule has 1 aliphatic carbocycles. The molecule has 1 fully saturated rings. The quantitative estimate of drug-likeness (QED) is 0.361. The van der Waals surface area contributed by atoms with Crippen molar-refractivity contribution < 1.29 is 17.9 Å². The van der Waals surface area contributed by atoms with E-state index in [1.807, 2.05) is 36.4 Å². The number of sulfonamides is 1. The van der Waals surface area contributed by atoms with Crippen LogP contribution in [-0.4, -0.2) is 50.9 Å². The molecule has 1 saturated carbocycles. The summed E-state index contributed by atoms with van der Waals surface area (Å²) < 4.78 is 34.1. The molecular weight excluding hydrogens is 532 g/mol. The van der Waals surface area contributed by atoms with E-state index < -0.39 is 10.0 Å². The summed E-state index contributed by atoms with van der Waals surface area (Å²) in [4.78, 5) is 16.4. The van der Waals surface area contributed by atoms with E-state index in [2.05, 4.69) is 31.5 Å². The molecule has 2 N–H and O–H groups in total. The Bertz CT molecular complexity index is 1330. The number of methoxy groups -OCH3 is 1. The predicted octanol–water partition coefficient (Wildman–Crippen LogP) is 4.15. The molecule has 2 aromatic carbocycles. The van der Waals surface area contributed by atoms with Gasteiger partial charge in [0.05, 0.1) is 7.11 Å². The van der Waals surface area contributed by atoms with Crippen LogP contribution in [0.25, 0.3) is 10.8 Å². The van der Waals surface area contributed by atoms with E-state index in [4.69, 9.17) is 4.74 Å². The first kappa shape index (κ1) is 25.4. The van der Waals surface area contributed by atoms with E-state index in [9.17, 15) is 13.2 Å². The number of ether oxygens (including phenoxy) is 1. The summed E-state index contributed by atoms with van der Waals surface area (Å²) in [5.41, 5.74) is 0.866. The number of halogens is 1. The molecule has 0 unspecified atom stereocenters. The topological polar surface area (TPSA) is 101 Å². The summed E-state index contributed by atoms with van der Waals surface area (Å²) in [6, 6.07) is 13.2. The monoisotopic (exact) mass is 560 g/mol. The number of pyridine rings is 1. The van der Waals surface area contributed by atoms with Gasteiger partial charge in [0, 0.05) is 43.3 Å². The minimum atomic E-state index is -3.85. The molecule has 0 aliphatic heterocycles. The van der Waals surface area contributed by atoms with Crippen molar-refractivity contribution in [3.63, 3.8) is 0 Å². The van der Waals surface area contributed by atoms with Crippen molar-refractivity contribution in [2.45, 2.75) is 30.7 Å². The van der Waals surface area contributed by atoms with E-state index in [0.717, 1.165) is 41.3 Å². The van der Waals surface area contributed by atoms with Gasteiger partial charge >= 0.3 is 0 Å². The number of aromatic nitrogens is 1. The van der Waals surface area contributed by atoms with Crippen molar-refractivity contribution in [1.82, 2.24) is 14.6 Å². The fourth-order valence-electron chi connectivity index (χ4n) is 3.94. The Morgan fingerprint density at radius 1 is 1.14 bits per heavy atom. The molecule has 1 aromatic heterocycles. The van der Waals surface area contributed by atoms with E-state index >= 15 is 0 Å². The number of rotatable bonds is 10. The number of hydrogen-bond donors (Lipinski definition) is 2. The van der Waals surface area contributed by atoms with Crippen LogP contribution >= 0.6 is 15.9 Å². The molecule has 4 rings (SSSR count). The summed E-state index contributed by atoms with van der Waals surface area (Å²) >= 11 is 3.33. The third-order valence-corrected chi connectivity index (χ3v) is 8.47. The van der Waals surface area contributed by atoms with Gasteiger partial charge in [-0.2, -0.15) is 4.31 Å². The molecule has 1 aliphatic rings. The average molecular weight is 562 g/mol. The Kier molecular flexibility index (Phi) is 7.93. The number of amides is 1. The highest BCUT2D eigenvalue weighted by Gasteiger charge is 2.26. The van der Waals surface area contributed by atoms with Crippen LogP contribution in [0.15, 0.2) is 58.0 Å². The lowest BCUT2D eigenvalue weighted by Gasteiger charge is -2.24. The molecule has 3 aromatic rings. The summed E-state index contributed by atoms with van der Waals surface area (Å²) in [6.45, 7) is 0.964. The Morgan fingerprint density at radius 2 is 1.89 bits per heavy atom. The molecule has 186 valence electrons. The Balaban J connectivity index is 1.46. The molecule has 1 heterocycles. The van der Waals surface area contributed by atoms with Gasteiger partial charge in [0.1, 0.15) is 16.5 Å². The first-order chi connectivity index (χ1) is 16.8. The fourth-order valence-corrected chi connectivity index (χ4v) is 5.72. The lowest BCUT2D eigenvalue weighted by molar-refractivity contribution is -0.127. The van der Waals surface area contributed by atoms with Gasteiger partial charge in [0.25, 0.3) is 0 Å². The second kappa shape index (κ2) is 10.9. The average Bonchev–Trinajstić information content (AvgIpc) is 2.81. The zero-order valence-corrected chi connectivity index (χ0v) is 22.2. The van der Waals surface area contributed by atoms with E-state index in [-0.39, 0.29) is 29.1 Å². The van der Waals surface area contributed by atoms with Crippen molar-refractivity contribution in [2.24, 2.45) is 5.92 Å². The van der Waals surface area contributed by atoms with Crippen LogP contribution in [0.3, 0.4) is 0 Å². The highest BCUT2D eigenvalue weighted by atomic mass is 79.9. The minimum Gasteiger partial charge on any atom is -0.497 e. The van der Waals surface area contributed by atoms with Gasteiger partial charge in [-0.1, -0.05) is 24.6 Å². The van der Waals surface area contributed by atoms with Crippen LogP contribution in [0, 0.1) is 5.92 Å². The largest absolute Gasteiger partial charge is 0.497 e. The van der Waals surface area contributed by atoms with Crippen molar-refractivity contribution in [3.8, 4) is 5.75 Å². The molecule has 0 atom stereocenters. The summed E-state index contributed by atoms with van der Waals surface area (Å²) in [7, 11) is -0.667.